The minimum Gasteiger partial charge on any atom is -0.368 e. The van der Waals surface area contributed by atoms with Crippen molar-refractivity contribution in [3.05, 3.63) is 0 Å². The number of carbonyl (C=O) groups is 2. The number of nitrogens with two attached hydrogens (primary N) is 1. The van der Waals surface area contributed by atoms with E-state index < -0.39 is 11.9 Å². The Hall–Kier alpha value is -1.10. The van der Waals surface area contributed by atoms with Gasteiger partial charge in [-0.3, -0.25) is 9.59 Å². The summed E-state index contributed by atoms with van der Waals surface area (Å²) in [5.41, 5.74) is 5.02. The van der Waals surface area contributed by atoms with E-state index in [1.165, 1.54) is 4.90 Å². The van der Waals surface area contributed by atoms with Gasteiger partial charge in [0, 0.05) is 14.1 Å². The first kappa shape index (κ1) is 10.9. The molecular weight excluding hydrogens is 158 g/mol. The summed E-state index contributed by atoms with van der Waals surface area (Å²) in [5, 5.41) is 2.67. The first-order valence-corrected chi connectivity index (χ1v) is 3.65. The zero-order valence-electron chi connectivity index (χ0n) is 7.63. The predicted molar refractivity (Wildman–Crippen MR) is 45.4 cm³/mol. The van der Waals surface area contributed by atoms with Crippen molar-refractivity contribution in [1.82, 2.24) is 10.2 Å². The molecule has 0 rings (SSSR count). The molecule has 0 saturated carbocycles. The fourth-order valence-corrected chi connectivity index (χ4v) is 0.702. The lowest BCUT2D eigenvalue weighted by Crippen LogP contribution is -2.42. The minimum atomic E-state index is -0.570. The van der Waals surface area contributed by atoms with Crippen LogP contribution in [0, 0.1) is 0 Å². The molecule has 0 aromatic carbocycles. The minimum absolute atomic E-state index is 0.110. The normalized spacial score (nSPS) is 12.2. The molecule has 3 N–H and O–H groups in total. The van der Waals surface area contributed by atoms with Crippen molar-refractivity contribution in [3.8, 4) is 0 Å². The van der Waals surface area contributed by atoms with Crippen molar-refractivity contribution >= 4 is 11.8 Å². The summed E-state index contributed by atoms with van der Waals surface area (Å²) in [7, 11) is 4.87. The van der Waals surface area contributed by atoms with Crippen LogP contribution in [0.4, 0.5) is 0 Å². The van der Waals surface area contributed by atoms with E-state index in [-0.39, 0.29) is 12.3 Å². The van der Waals surface area contributed by atoms with Crippen LogP contribution in [0.2, 0.25) is 0 Å². The fourth-order valence-electron chi connectivity index (χ4n) is 0.702. The molecule has 0 bridgehead atoms. The number of primary amides is 1. The maximum absolute atomic E-state index is 11.1. The quantitative estimate of drug-likeness (QED) is 0.545. The van der Waals surface area contributed by atoms with E-state index in [0.717, 1.165) is 0 Å². The molecule has 5 heteroatoms. The Bertz CT molecular complexity index is 179. The van der Waals surface area contributed by atoms with Gasteiger partial charge in [-0.25, -0.2) is 0 Å². The van der Waals surface area contributed by atoms with Crippen LogP contribution in [-0.2, 0) is 9.59 Å². The summed E-state index contributed by atoms with van der Waals surface area (Å²) >= 11 is 0. The van der Waals surface area contributed by atoms with Crippen LogP contribution in [0.3, 0.4) is 0 Å². The lowest BCUT2D eigenvalue weighted by molar-refractivity contribution is -0.132. The lowest BCUT2D eigenvalue weighted by Gasteiger charge is -2.15. The molecule has 0 aliphatic rings. The van der Waals surface area contributed by atoms with Crippen molar-refractivity contribution in [2.24, 2.45) is 5.73 Å². The zero-order chi connectivity index (χ0) is 9.72. The highest BCUT2D eigenvalue weighted by atomic mass is 16.2. The van der Waals surface area contributed by atoms with Crippen LogP contribution in [0.1, 0.15) is 6.42 Å². The largest absolute Gasteiger partial charge is 0.368 e. The molecule has 1 unspecified atom stereocenters. The number of nitrogens with zero attached hydrogens (tertiary/aromatic N) is 1. The summed E-state index contributed by atoms with van der Waals surface area (Å²) in [4.78, 5) is 23.2. The van der Waals surface area contributed by atoms with Crippen molar-refractivity contribution in [1.29, 1.82) is 0 Å². The van der Waals surface area contributed by atoms with E-state index in [1.54, 1.807) is 21.1 Å². The predicted octanol–water partition coefficient (Wildman–Crippen LogP) is -1.46. The molecule has 0 heterocycles. The molecule has 0 aromatic heterocycles. The fraction of sp³-hybridized carbons (Fsp3) is 0.714. The number of hydrogen-bond donors (Lipinski definition) is 2. The van der Waals surface area contributed by atoms with Crippen LogP contribution >= 0.6 is 0 Å². The molecule has 0 saturated heterocycles. The third-order valence-electron chi connectivity index (χ3n) is 1.57. The van der Waals surface area contributed by atoms with Gasteiger partial charge >= 0.3 is 0 Å². The van der Waals surface area contributed by atoms with Crippen molar-refractivity contribution < 1.29 is 9.59 Å². The second-order valence-corrected chi connectivity index (χ2v) is 2.74. The first-order chi connectivity index (χ1) is 5.49. The van der Waals surface area contributed by atoms with E-state index in [1.807, 2.05) is 0 Å². The van der Waals surface area contributed by atoms with Gasteiger partial charge in [0.1, 0.15) is 0 Å². The molecule has 0 aliphatic carbocycles. The average Bonchev–Trinajstić information content (AvgIpc) is 1.98. The summed E-state index contributed by atoms with van der Waals surface area (Å²) in [6.45, 7) is 0. The highest BCUT2D eigenvalue weighted by molar-refractivity contribution is 5.87. The van der Waals surface area contributed by atoms with Gasteiger partial charge in [0.25, 0.3) is 0 Å². The Labute approximate surface area is 71.9 Å². The van der Waals surface area contributed by atoms with E-state index in [9.17, 15) is 9.59 Å². The van der Waals surface area contributed by atoms with E-state index in [0.29, 0.717) is 0 Å². The van der Waals surface area contributed by atoms with Crippen LogP contribution in [0.5, 0.6) is 0 Å². The van der Waals surface area contributed by atoms with Gasteiger partial charge in [0.15, 0.2) is 0 Å². The zero-order valence-corrected chi connectivity index (χ0v) is 7.63. The number of hydrogen-bond acceptors (Lipinski definition) is 3. The van der Waals surface area contributed by atoms with Gasteiger partial charge in [-0.2, -0.15) is 0 Å². The monoisotopic (exact) mass is 173 g/mol. The first-order valence-electron chi connectivity index (χ1n) is 3.65. The van der Waals surface area contributed by atoms with Crippen molar-refractivity contribution in [2.45, 2.75) is 12.5 Å². The highest BCUT2D eigenvalue weighted by Gasteiger charge is 2.17. The number of nitrogens with one attached hydrogen (secondary N) is 1. The Morgan fingerprint density at radius 3 is 2.25 bits per heavy atom. The third-order valence-corrected chi connectivity index (χ3v) is 1.57. The average molecular weight is 173 g/mol. The molecule has 12 heavy (non-hydrogen) atoms. The molecule has 5 nitrogen and oxygen atoms in total. The van der Waals surface area contributed by atoms with E-state index in [2.05, 4.69) is 5.32 Å². The second kappa shape index (κ2) is 4.71. The topological polar surface area (TPSA) is 75.4 Å². The number of amides is 2. The number of likely N-dealkylation sites (N-methyl/N-ethyl adjacent to an activating group) is 1. The lowest BCUT2D eigenvalue weighted by atomic mass is 10.2. The standard InChI is InChI=1S/C7H15N3O2/c1-9-5(7(8)12)4-6(11)10(2)3/h5,9H,4H2,1-3H3,(H2,8,12). The van der Waals surface area contributed by atoms with Crippen LogP contribution in [-0.4, -0.2) is 43.9 Å². The SMILES string of the molecule is CNC(CC(=O)N(C)C)C(N)=O. The molecule has 0 spiro atoms. The molecular formula is C7H15N3O2. The van der Waals surface area contributed by atoms with E-state index in [4.69, 9.17) is 5.73 Å². The Kier molecular flexibility index (Phi) is 4.28. The Balaban J connectivity index is 4.03. The molecule has 70 valence electrons. The van der Waals surface area contributed by atoms with Crippen LogP contribution in [0.25, 0.3) is 0 Å². The summed E-state index contributed by atoms with van der Waals surface area (Å²) < 4.78 is 0. The maximum atomic E-state index is 11.1. The molecule has 2 amide bonds. The Morgan fingerprint density at radius 1 is 1.50 bits per heavy atom. The Morgan fingerprint density at radius 2 is 2.00 bits per heavy atom. The summed E-state index contributed by atoms with van der Waals surface area (Å²) in [6, 6.07) is -0.570. The number of rotatable bonds is 4. The molecule has 1 atom stereocenters. The number of carbonyl (C=O) groups excluding carboxylic acids is 2. The van der Waals surface area contributed by atoms with E-state index >= 15 is 0 Å². The molecule has 0 aliphatic heterocycles. The maximum Gasteiger partial charge on any atom is 0.235 e. The van der Waals surface area contributed by atoms with Gasteiger partial charge < -0.3 is 16.0 Å². The van der Waals surface area contributed by atoms with Gasteiger partial charge in [-0.15, -0.1) is 0 Å². The van der Waals surface area contributed by atoms with Gasteiger partial charge in [0.2, 0.25) is 11.8 Å². The molecule has 0 radical (unpaired) electrons. The van der Waals surface area contributed by atoms with Gasteiger partial charge in [-0.05, 0) is 7.05 Å². The van der Waals surface area contributed by atoms with Gasteiger partial charge in [-0.1, -0.05) is 0 Å². The summed E-state index contributed by atoms with van der Waals surface area (Å²) in [5.74, 6) is -0.624. The van der Waals surface area contributed by atoms with Crippen LogP contribution in [0.15, 0.2) is 0 Å². The van der Waals surface area contributed by atoms with Gasteiger partial charge in [0.05, 0.1) is 12.5 Å². The second-order valence-electron chi connectivity index (χ2n) is 2.74. The van der Waals surface area contributed by atoms with Crippen LogP contribution < -0.4 is 11.1 Å². The van der Waals surface area contributed by atoms with Crippen molar-refractivity contribution in [3.63, 3.8) is 0 Å². The van der Waals surface area contributed by atoms with Crippen molar-refractivity contribution in [2.75, 3.05) is 21.1 Å². The molecule has 0 fully saturated rings. The highest BCUT2D eigenvalue weighted by Crippen LogP contribution is 1.93. The summed E-state index contributed by atoms with van der Waals surface area (Å²) in [6.07, 6.45) is 0.110. The molecule has 0 aromatic rings. The third kappa shape index (κ3) is 3.34. The smallest absolute Gasteiger partial charge is 0.235 e.